The molecule has 17 heavy (non-hydrogen) atoms. The molecule has 2 aromatic rings. The first-order valence-corrected chi connectivity index (χ1v) is 6.34. The van der Waals surface area contributed by atoms with E-state index in [1.54, 1.807) is 11.7 Å². The number of benzene rings is 1. The van der Waals surface area contributed by atoms with E-state index in [0.717, 1.165) is 10.4 Å². The van der Waals surface area contributed by atoms with Crippen LogP contribution < -0.4 is 5.73 Å². The van der Waals surface area contributed by atoms with Crippen LogP contribution in [0.3, 0.4) is 0 Å². The molecule has 2 rings (SSSR count). The van der Waals surface area contributed by atoms with Crippen LogP contribution in [0.4, 0.5) is 0 Å². The van der Waals surface area contributed by atoms with Crippen molar-refractivity contribution in [3.63, 3.8) is 0 Å². The molecular weight excluding hydrogens is 232 g/mol. The number of carbonyl (C=O) groups is 1. The average Bonchev–Trinajstić information content (AvgIpc) is 2.84. The quantitative estimate of drug-likeness (QED) is 0.878. The lowest BCUT2D eigenvalue weighted by Gasteiger charge is -2.13. The van der Waals surface area contributed by atoms with Crippen molar-refractivity contribution in [3.05, 3.63) is 52.5 Å². The van der Waals surface area contributed by atoms with Crippen molar-refractivity contribution in [2.24, 2.45) is 5.73 Å². The number of ketones is 1. The third-order valence-electron chi connectivity index (χ3n) is 2.66. The number of rotatable bonds is 5. The van der Waals surface area contributed by atoms with E-state index in [2.05, 4.69) is 4.98 Å². The Morgan fingerprint density at radius 1 is 1.35 bits per heavy atom. The molecule has 0 spiro atoms. The summed E-state index contributed by atoms with van der Waals surface area (Å²) in [5.41, 5.74) is 8.43. The predicted molar refractivity (Wildman–Crippen MR) is 69.1 cm³/mol. The molecule has 0 aliphatic carbocycles. The van der Waals surface area contributed by atoms with Gasteiger partial charge in [0.15, 0.2) is 0 Å². The summed E-state index contributed by atoms with van der Waals surface area (Å²) in [5.74, 6) is -0.0544. The molecule has 1 heterocycles. The first kappa shape index (κ1) is 12.0. The first-order chi connectivity index (χ1) is 8.31. The zero-order valence-corrected chi connectivity index (χ0v) is 10.2. The number of nitrogens with two attached hydrogens (primary N) is 1. The van der Waals surface area contributed by atoms with E-state index < -0.39 is 0 Å². The van der Waals surface area contributed by atoms with Gasteiger partial charge in [0.2, 0.25) is 0 Å². The van der Waals surface area contributed by atoms with Crippen LogP contribution in [0.25, 0.3) is 0 Å². The minimum Gasteiger partial charge on any atom is -0.329 e. The Labute approximate surface area is 104 Å². The van der Waals surface area contributed by atoms with Gasteiger partial charge in [-0.3, -0.25) is 9.78 Å². The second kappa shape index (κ2) is 5.70. The van der Waals surface area contributed by atoms with Gasteiger partial charge in [0.1, 0.15) is 5.78 Å². The van der Waals surface area contributed by atoms with E-state index in [1.165, 1.54) is 11.3 Å². The number of aromatic nitrogens is 1. The Balaban J connectivity index is 2.11. The third-order valence-corrected chi connectivity index (χ3v) is 3.44. The van der Waals surface area contributed by atoms with Gasteiger partial charge in [0.05, 0.1) is 11.4 Å². The maximum absolute atomic E-state index is 12.1. The average molecular weight is 246 g/mol. The highest BCUT2D eigenvalue weighted by molar-refractivity contribution is 7.09. The number of thiazole rings is 1. The monoisotopic (exact) mass is 246 g/mol. The molecule has 1 unspecified atom stereocenters. The van der Waals surface area contributed by atoms with Crippen LogP contribution in [0.15, 0.2) is 42.0 Å². The van der Waals surface area contributed by atoms with E-state index in [1.807, 2.05) is 30.3 Å². The van der Waals surface area contributed by atoms with E-state index in [-0.39, 0.29) is 11.7 Å². The van der Waals surface area contributed by atoms with Crippen molar-refractivity contribution < 1.29 is 4.79 Å². The smallest absolute Gasteiger partial charge is 0.146 e. The van der Waals surface area contributed by atoms with Crippen LogP contribution in [0, 0.1) is 0 Å². The fraction of sp³-hybridized carbons (Fsp3) is 0.231. The molecule has 0 radical (unpaired) electrons. The Kier molecular flexibility index (Phi) is 4.01. The minimum absolute atomic E-state index is 0.156. The molecule has 0 saturated heterocycles. The molecule has 1 aromatic heterocycles. The molecule has 2 N–H and O–H groups in total. The zero-order valence-electron chi connectivity index (χ0n) is 9.37. The number of carbonyl (C=O) groups excluding carboxylic acids is 1. The van der Waals surface area contributed by atoms with Gasteiger partial charge < -0.3 is 5.73 Å². The molecular formula is C13H14N2OS. The Hall–Kier alpha value is -1.52. The van der Waals surface area contributed by atoms with Crippen molar-refractivity contribution >= 4 is 17.1 Å². The lowest BCUT2D eigenvalue weighted by molar-refractivity contribution is -0.119. The molecule has 88 valence electrons. The maximum atomic E-state index is 12.1. The second-order valence-corrected chi connectivity index (χ2v) is 4.78. The molecule has 3 nitrogen and oxygen atoms in total. The second-order valence-electron chi connectivity index (χ2n) is 3.81. The molecule has 0 saturated carbocycles. The summed E-state index contributed by atoms with van der Waals surface area (Å²) in [6.07, 6.45) is 2.16. The predicted octanol–water partition coefficient (Wildman–Crippen LogP) is 2.00. The van der Waals surface area contributed by atoms with Gasteiger partial charge in [0, 0.05) is 24.0 Å². The van der Waals surface area contributed by atoms with E-state index in [0.29, 0.717) is 13.0 Å². The lowest BCUT2D eigenvalue weighted by atomic mass is 9.93. The molecule has 0 aliphatic heterocycles. The highest BCUT2D eigenvalue weighted by atomic mass is 32.1. The van der Waals surface area contributed by atoms with Crippen molar-refractivity contribution in [2.45, 2.75) is 12.3 Å². The summed E-state index contributed by atoms with van der Waals surface area (Å²) in [5, 5.41) is 0. The standard InChI is InChI=1S/C13H14N2OS/c14-7-12(10-4-2-1-3-5-10)13(16)6-11-8-15-9-17-11/h1-5,8-9,12H,6-7,14H2. The lowest BCUT2D eigenvalue weighted by Crippen LogP contribution is -2.22. The van der Waals surface area contributed by atoms with Gasteiger partial charge in [-0.1, -0.05) is 30.3 Å². The van der Waals surface area contributed by atoms with Gasteiger partial charge >= 0.3 is 0 Å². The van der Waals surface area contributed by atoms with Crippen LogP contribution in [-0.4, -0.2) is 17.3 Å². The van der Waals surface area contributed by atoms with Gasteiger partial charge in [0.25, 0.3) is 0 Å². The number of Topliss-reactive ketones (excluding diaryl/α,β-unsaturated/α-hetero) is 1. The molecule has 1 aromatic carbocycles. The van der Waals surface area contributed by atoms with Crippen molar-refractivity contribution in [3.8, 4) is 0 Å². The fourth-order valence-corrected chi connectivity index (χ4v) is 2.37. The van der Waals surface area contributed by atoms with Crippen LogP contribution in [0.2, 0.25) is 0 Å². The molecule has 0 amide bonds. The summed E-state index contributed by atoms with van der Waals surface area (Å²) >= 11 is 1.50. The summed E-state index contributed by atoms with van der Waals surface area (Å²) in [7, 11) is 0. The van der Waals surface area contributed by atoms with Crippen molar-refractivity contribution in [1.29, 1.82) is 0 Å². The Bertz CT molecular complexity index is 467. The molecule has 0 bridgehead atoms. The van der Waals surface area contributed by atoms with Gasteiger partial charge in [-0.2, -0.15) is 0 Å². The molecule has 0 fully saturated rings. The Morgan fingerprint density at radius 2 is 2.12 bits per heavy atom. The summed E-state index contributed by atoms with van der Waals surface area (Å²) in [6, 6.07) is 9.69. The SMILES string of the molecule is NCC(C(=O)Cc1cncs1)c1ccccc1. The van der Waals surface area contributed by atoms with Crippen LogP contribution >= 0.6 is 11.3 Å². The topological polar surface area (TPSA) is 56.0 Å². The number of hydrogen-bond donors (Lipinski definition) is 1. The minimum atomic E-state index is -0.210. The zero-order chi connectivity index (χ0) is 12.1. The number of nitrogens with zero attached hydrogens (tertiary/aromatic N) is 1. The highest BCUT2D eigenvalue weighted by Crippen LogP contribution is 2.18. The van der Waals surface area contributed by atoms with E-state index >= 15 is 0 Å². The van der Waals surface area contributed by atoms with Crippen molar-refractivity contribution in [2.75, 3.05) is 6.54 Å². The Morgan fingerprint density at radius 3 is 2.71 bits per heavy atom. The summed E-state index contributed by atoms with van der Waals surface area (Å²) in [6.45, 7) is 0.349. The van der Waals surface area contributed by atoms with Gasteiger partial charge in [-0.25, -0.2) is 0 Å². The van der Waals surface area contributed by atoms with Crippen molar-refractivity contribution in [1.82, 2.24) is 4.98 Å². The highest BCUT2D eigenvalue weighted by Gasteiger charge is 2.19. The van der Waals surface area contributed by atoms with Crippen LogP contribution in [0.1, 0.15) is 16.4 Å². The first-order valence-electron chi connectivity index (χ1n) is 5.46. The van der Waals surface area contributed by atoms with Crippen LogP contribution in [0.5, 0.6) is 0 Å². The fourth-order valence-electron chi connectivity index (χ4n) is 1.76. The summed E-state index contributed by atoms with van der Waals surface area (Å²) in [4.78, 5) is 17.1. The summed E-state index contributed by atoms with van der Waals surface area (Å²) < 4.78 is 0. The molecule has 4 heteroatoms. The van der Waals surface area contributed by atoms with Crippen LogP contribution in [-0.2, 0) is 11.2 Å². The maximum Gasteiger partial charge on any atom is 0.146 e. The van der Waals surface area contributed by atoms with E-state index in [9.17, 15) is 4.79 Å². The van der Waals surface area contributed by atoms with Gasteiger partial charge in [-0.05, 0) is 5.56 Å². The van der Waals surface area contributed by atoms with E-state index in [4.69, 9.17) is 5.73 Å². The normalized spacial score (nSPS) is 12.3. The molecule has 0 aliphatic rings. The largest absolute Gasteiger partial charge is 0.329 e. The third kappa shape index (κ3) is 2.99. The molecule has 1 atom stereocenters. The number of hydrogen-bond acceptors (Lipinski definition) is 4. The van der Waals surface area contributed by atoms with Gasteiger partial charge in [-0.15, -0.1) is 11.3 Å².